The van der Waals surface area contributed by atoms with Gasteiger partial charge < -0.3 is 15.7 Å². The molecule has 0 fully saturated rings. The van der Waals surface area contributed by atoms with Crippen LogP contribution in [0.15, 0.2) is 29.2 Å². The Labute approximate surface area is 116 Å². The van der Waals surface area contributed by atoms with Crippen molar-refractivity contribution in [1.29, 1.82) is 0 Å². The molecule has 1 amide bonds. The molecule has 1 aromatic carbocycles. The second-order valence-corrected chi connectivity index (χ2v) is 6.28. The molecule has 0 heterocycles. The highest BCUT2D eigenvalue weighted by Crippen LogP contribution is 2.13. The summed E-state index contributed by atoms with van der Waals surface area (Å²) in [4.78, 5) is 21.9. The highest BCUT2D eigenvalue weighted by Gasteiger charge is 2.17. The summed E-state index contributed by atoms with van der Waals surface area (Å²) in [6.07, 6.45) is 1.10. The van der Waals surface area contributed by atoms with Crippen molar-refractivity contribution in [1.82, 2.24) is 5.32 Å². The second-order valence-electron chi connectivity index (χ2n) is 4.27. The molecular formula is C12H16N2O5S. The minimum Gasteiger partial charge on any atom is -0.480 e. The van der Waals surface area contributed by atoms with Crippen LogP contribution in [0.1, 0.15) is 6.92 Å². The molecule has 1 rings (SSSR count). The van der Waals surface area contributed by atoms with E-state index in [1.54, 1.807) is 0 Å². The molecule has 0 aliphatic carbocycles. The van der Waals surface area contributed by atoms with Crippen LogP contribution in [0.2, 0.25) is 0 Å². The second kappa shape index (κ2) is 6.38. The van der Waals surface area contributed by atoms with Crippen LogP contribution >= 0.6 is 0 Å². The summed E-state index contributed by atoms with van der Waals surface area (Å²) in [6, 6.07) is 4.85. The fourth-order valence-electron chi connectivity index (χ4n) is 1.49. The van der Waals surface area contributed by atoms with Crippen LogP contribution in [0.3, 0.4) is 0 Å². The smallest absolute Gasteiger partial charge is 0.328 e. The Morgan fingerprint density at radius 2 is 1.80 bits per heavy atom. The van der Waals surface area contributed by atoms with Crippen LogP contribution in [0.4, 0.5) is 5.69 Å². The number of carboxylic acids is 1. The van der Waals surface area contributed by atoms with E-state index in [9.17, 15) is 18.0 Å². The number of carboxylic acid groups (broad SMARTS) is 1. The molecule has 0 spiro atoms. The van der Waals surface area contributed by atoms with E-state index in [0.29, 0.717) is 5.69 Å². The minimum absolute atomic E-state index is 0.00681. The summed E-state index contributed by atoms with van der Waals surface area (Å²) in [5.74, 6) is -1.59. The van der Waals surface area contributed by atoms with Gasteiger partial charge in [-0.25, -0.2) is 13.2 Å². The standard InChI is InChI=1S/C12H16N2O5S/c1-8(15)14-11(12(16)17)7-13-9-3-5-10(6-4-9)20(2,18)19/h3-6,11,13H,7H2,1-2H3,(H,14,15)(H,16,17). The van der Waals surface area contributed by atoms with Gasteiger partial charge in [0.2, 0.25) is 5.91 Å². The van der Waals surface area contributed by atoms with Crippen LogP contribution in [-0.2, 0) is 19.4 Å². The molecule has 0 aliphatic heterocycles. The number of anilines is 1. The first-order valence-corrected chi connectivity index (χ1v) is 7.63. The third-order valence-corrected chi connectivity index (χ3v) is 3.60. The van der Waals surface area contributed by atoms with Crippen LogP contribution in [0.5, 0.6) is 0 Å². The van der Waals surface area contributed by atoms with Crippen LogP contribution in [0.25, 0.3) is 0 Å². The van der Waals surface area contributed by atoms with Crippen LogP contribution in [0, 0.1) is 0 Å². The van der Waals surface area contributed by atoms with E-state index >= 15 is 0 Å². The van der Waals surface area contributed by atoms with Crippen molar-refractivity contribution in [2.75, 3.05) is 18.1 Å². The molecule has 1 atom stereocenters. The molecule has 1 aromatic rings. The number of carbonyl (C=O) groups is 2. The number of carbonyl (C=O) groups excluding carboxylic acids is 1. The Balaban J connectivity index is 2.69. The molecule has 8 heteroatoms. The van der Waals surface area contributed by atoms with Crippen molar-refractivity contribution in [3.8, 4) is 0 Å². The zero-order valence-corrected chi connectivity index (χ0v) is 11.9. The molecule has 0 aromatic heterocycles. The highest BCUT2D eigenvalue weighted by molar-refractivity contribution is 7.90. The SMILES string of the molecule is CC(=O)NC(CNc1ccc(S(C)(=O)=O)cc1)C(=O)O. The molecule has 3 N–H and O–H groups in total. The van der Waals surface area contributed by atoms with Gasteiger partial charge in [0.05, 0.1) is 4.90 Å². The summed E-state index contributed by atoms with van der Waals surface area (Å²) in [5, 5.41) is 14.0. The van der Waals surface area contributed by atoms with Gasteiger partial charge in [0, 0.05) is 25.4 Å². The maximum atomic E-state index is 11.3. The quantitative estimate of drug-likeness (QED) is 0.686. The molecule has 0 saturated carbocycles. The fourth-order valence-corrected chi connectivity index (χ4v) is 2.12. The van der Waals surface area contributed by atoms with Gasteiger partial charge in [-0.2, -0.15) is 0 Å². The summed E-state index contributed by atoms with van der Waals surface area (Å²) in [7, 11) is -3.26. The maximum Gasteiger partial charge on any atom is 0.328 e. The Morgan fingerprint density at radius 1 is 1.25 bits per heavy atom. The van der Waals surface area contributed by atoms with Gasteiger partial charge in [0.25, 0.3) is 0 Å². The fraction of sp³-hybridized carbons (Fsp3) is 0.333. The average Bonchev–Trinajstić information content (AvgIpc) is 2.33. The molecule has 7 nitrogen and oxygen atoms in total. The van der Waals surface area contributed by atoms with Crippen LogP contribution in [-0.4, -0.2) is 44.2 Å². The van der Waals surface area contributed by atoms with Gasteiger partial charge >= 0.3 is 5.97 Å². The summed E-state index contributed by atoms with van der Waals surface area (Å²) in [5.41, 5.74) is 0.564. The molecule has 0 radical (unpaired) electrons. The first-order chi connectivity index (χ1) is 9.20. The Kier molecular flexibility index (Phi) is 5.09. The summed E-state index contributed by atoms with van der Waals surface area (Å²) in [6.45, 7) is 1.23. The number of amides is 1. The molecule has 0 aliphatic rings. The number of nitrogens with one attached hydrogen (secondary N) is 2. The van der Waals surface area contributed by atoms with E-state index in [-0.39, 0.29) is 11.4 Å². The maximum absolute atomic E-state index is 11.3. The van der Waals surface area contributed by atoms with Gasteiger partial charge in [-0.3, -0.25) is 4.79 Å². The lowest BCUT2D eigenvalue weighted by atomic mass is 10.2. The van der Waals surface area contributed by atoms with Crippen molar-refractivity contribution in [3.05, 3.63) is 24.3 Å². The predicted octanol–water partition coefficient (Wildman–Crippen LogP) is 0.0913. The zero-order valence-electron chi connectivity index (χ0n) is 11.1. The van der Waals surface area contributed by atoms with Gasteiger partial charge in [0.15, 0.2) is 9.84 Å². The normalized spacial score (nSPS) is 12.5. The number of rotatable bonds is 6. The number of hydrogen-bond donors (Lipinski definition) is 3. The van der Waals surface area contributed by atoms with Gasteiger partial charge in [-0.15, -0.1) is 0 Å². The molecule has 20 heavy (non-hydrogen) atoms. The lowest BCUT2D eigenvalue weighted by molar-refractivity contribution is -0.141. The van der Waals surface area contributed by atoms with E-state index in [1.165, 1.54) is 31.2 Å². The molecule has 1 unspecified atom stereocenters. The lowest BCUT2D eigenvalue weighted by Crippen LogP contribution is -2.44. The van der Waals surface area contributed by atoms with E-state index in [4.69, 9.17) is 5.11 Å². The van der Waals surface area contributed by atoms with Gasteiger partial charge in [-0.05, 0) is 24.3 Å². The number of hydrogen-bond acceptors (Lipinski definition) is 5. The molecule has 110 valence electrons. The Hall–Kier alpha value is -2.09. The average molecular weight is 300 g/mol. The summed E-state index contributed by atoms with van der Waals surface area (Å²) < 4.78 is 22.6. The Bertz CT molecular complexity index is 595. The van der Waals surface area contributed by atoms with E-state index in [0.717, 1.165) is 6.26 Å². The van der Waals surface area contributed by atoms with E-state index in [1.807, 2.05) is 0 Å². The number of benzene rings is 1. The predicted molar refractivity (Wildman–Crippen MR) is 73.3 cm³/mol. The van der Waals surface area contributed by atoms with Crippen LogP contribution < -0.4 is 10.6 Å². The van der Waals surface area contributed by atoms with Crippen molar-refractivity contribution in [2.24, 2.45) is 0 Å². The van der Waals surface area contributed by atoms with Crippen molar-refractivity contribution in [3.63, 3.8) is 0 Å². The van der Waals surface area contributed by atoms with Crippen molar-refractivity contribution < 1.29 is 23.1 Å². The van der Waals surface area contributed by atoms with E-state index < -0.39 is 27.8 Å². The van der Waals surface area contributed by atoms with Crippen molar-refractivity contribution >= 4 is 27.4 Å². The highest BCUT2D eigenvalue weighted by atomic mass is 32.2. The van der Waals surface area contributed by atoms with Crippen molar-refractivity contribution in [2.45, 2.75) is 17.9 Å². The number of sulfone groups is 1. The van der Waals surface area contributed by atoms with E-state index in [2.05, 4.69) is 10.6 Å². The molecule has 0 saturated heterocycles. The number of aliphatic carboxylic acids is 1. The first-order valence-electron chi connectivity index (χ1n) is 5.74. The summed E-state index contributed by atoms with van der Waals surface area (Å²) >= 11 is 0. The monoisotopic (exact) mass is 300 g/mol. The first kappa shape index (κ1) is 16.0. The van der Waals surface area contributed by atoms with Gasteiger partial charge in [0.1, 0.15) is 6.04 Å². The zero-order chi connectivity index (χ0) is 15.3. The topological polar surface area (TPSA) is 113 Å². The third-order valence-electron chi connectivity index (χ3n) is 2.47. The largest absolute Gasteiger partial charge is 0.480 e. The molecule has 0 bridgehead atoms. The van der Waals surface area contributed by atoms with Gasteiger partial charge in [-0.1, -0.05) is 0 Å². The third kappa shape index (κ3) is 4.88. The minimum atomic E-state index is -3.26. The molecular weight excluding hydrogens is 284 g/mol. The lowest BCUT2D eigenvalue weighted by Gasteiger charge is -2.15. The Morgan fingerprint density at radius 3 is 2.20 bits per heavy atom.